The maximum atomic E-state index is 12.8. The van der Waals surface area contributed by atoms with Gasteiger partial charge in [0.25, 0.3) is 5.56 Å². The first kappa shape index (κ1) is 18.4. The number of amides is 1. The van der Waals surface area contributed by atoms with Crippen LogP contribution in [0.3, 0.4) is 0 Å². The van der Waals surface area contributed by atoms with E-state index in [4.69, 9.17) is 0 Å². The molecule has 3 rings (SSSR count). The number of unbranched alkanes of at least 4 members (excludes halogenated alkanes) is 1. The van der Waals surface area contributed by atoms with Gasteiger partial charge in [-0.25, -0.2) is 13.9 Å². The Hall–Kier alpha value is -2.42. The molecule has 140 valence electrons. The summed E-state index contributed by atoms with van der Waals surface area (Å²) in [5, 5.41) is 8.92. The van der Waals surface area contributed by atoms with Crippen molar-refractivity contribution in [3.05, 3.63) is 32.3 Å². The Labute approximate surface area is 154 Å². The highest BCUT2D eigenvalue weighted by molar-refractivity contribution is 7.17. The summed E-state index contributed by atoms with van der Waals surface area (Å²) in [6.45, 7) is 6.24. The third-order valence-corrected chi connectivity index (χ3v) is 5.33. The molecule has 3 aromatic rings. The van der Waals surface area contributed by atoms with Crippen LogP contribution in [0.4, 0.5) is 0 Å². The number of fused-ring (bicyclic) bond motifs is 3. The van der Waals surface area contributed by atoms with Crippen LogP contribution in [0.2, 0.25) is 0 Å². The van der Waals surface area contributed by atoms with Crippen molar-refractivity contribution in [3.8, 4) is 0 Å². The Kier molecular flexibility index (Phi) is 5.26. The van der Waals surface area contributed by atoms with E-state index < -0.39 is 5.69 Å². The van der Waals surface area contributed by atoms with Crippen molar-refractivity contribution >= 4 is 33.2 Å². The van der Waals surface area contributed by atoms with Gasteiger partial charge in [-0.1, -0.05) is 20.3 Å². The second kappa shape index (κ2) is 7.45. The Balaban J connectivity index is 2.13. The van der Waals surface area contributed by atoms with Crippen LogP contribution < -0.4 is 16.6 Å². The van der Waals surface area contributed by atoms with Gasteiger partial charge in [0.1, 0.15) is 11.2 Å². The van der Waals surface area contributed by atoms with Crippen LogP contribution in [0.15, 0.2) is 21.0 Å². The molecule has 0 aliphatic carbocycles. The van der Waals surface area contributed by atoms with Crippen molar-refractivity contribution in [1.29, 1.82) is 0 Å². The van der Waals surface area contributed by atoms with Crippen molar-refractivity contribution in [2.75, 3.05) is 0 Å². The normalized spacial score (nSPS) is 12.7. The summed E-state index contributed by atoms with van der Waals surface area (Å²) in [6.07, 6.45) is 2.53. The number of carbonyl (C=O) groups excluding carboxylic acids is 1. The molecule has 0 fully saturated rings. The summed E-state index contributed by atoms with van der Waals surface area (Å²) in [5.74, 6) is 0.0181. The highest BCUT2D eigenvalue weighted by Gasteiger charge is 2.19. The van der Waals surface area contributed by atoms with Gasteiger partial charge in [0.2, 0.25) is 11.7 Å². The van der Waals surface area contributed by atoms with Gasteiger partial charge in [0.05, 0.1) is 5.52 Å². The fraction of sp³-hybridized carbons (Fsp3) is 0.529. The Bertz CT molecular complexity index is 1060. The average Bonchev–Trinajstić information content (AvgIpc) is 3.20. The number of nitrogens with zero attached hydrogens (tertiary/aromatic N) is 4. The monoisotopic (exact) mass is 377 g/mol. The molecule has 0 saturated heterocycles. The molecule has 0 radical (unpaired) electrons. The smallest absolute Gasteiger partial charge is 0.352 e. The van der Waals surface area contributed by atoms with Gasteiger partial charge in [0, 0.05) is 12.6 Å². The summed E-state index contributed by atoms with van der Waals surface area (Å²) >= 11 is 1.31. The Morgan fingerprint density at radius 3 is 2.81 bits per heavy atom. The van der Waals surface area contributed by atoms with E-state index in [1.54, 1.807) is 11.4 Å². The number of aryl methyl sites for hydroxylation is 1. The predicted octanol–water partition coefficient (Wildman–Crippen LogP) is 1.59. The summed E-state index contributed by atoms with van der Waals surface area (Å²) in [4.78, 5) is 37.8. The standard InChI is InChI=1S/C17H23N5O3S/c1-4-6-8-20-15(24)14-12(7-9-26-14)22-16(20)19-21(17(22)25)10-13(23)18-11(3)5-2/h7,9,11H,4-6,8,10H2,1-3H3,(H,18,23)/t11-/m1/s1. The highest BCUT2D eigenvalue weighted by Crippen LogP contribution is 2.17. The van der Waals surface area contributed by atoms with Crippen molar-refractivity contribution in [2.45, 2.75) is 59.2 Å². The molecular weight excluding hydrogens is 354 g/mol. The molecule has 3 heterocycles. The van der Waals surface area contributed by atoms with Crippen molar-refractivity contribution in [2.24, 2.45) is 0 Å². The number of thiophene rings is 1. The molecule has 1 amide bonds. The SMILES string of the molecule is CCCCn1c(=O)c2sccc2n2c(=O)n(CC(=O)N[C@H](C)CC)nc12. The maximum Gasteiger partial charge on any atom is 0.352 e. The van der Waals surface area contributed by atoms with E-state index in [9.17, 15) is 14.4 Å². The second-order valence-electron chi connectivity index (χ2n) is 6.40. The van der Waals surface area contributed by atoms with Crippen LogP contribution in [-0.4, -0.2) is 30.7 Å². The average molecular weight is 377 g/mol. The quantitative estimate of drug-likeness (QED) is 0.677. The lowest BCUT2D eigenvalue weighted by Gasteiger charge is -2.10. The van der Waals surface area contributed by atoms with Gasteiger partial charge in [-0.15, -0.1) is 16.4 Å². The van der Waals surface area contributed by atoms with E-state index in [1.807, 2.05) is 20.8 Å². The first-order valence-electron chi connectivity index (χ1n) is 8.86. The highest BCUT2D eigenvalue weighted by atomic mass is 32.1. The molecule has 0 spiro atoms. The van der Waals surface area contributed by atoms with Crippen LogP contribution >= 0.6 is 11.3 Å². The Morgan fingerprint density at radius 1 is 1.35 bits per heavy atom. The molecule has 0 bridgehead atoms. The van der Waals surface area contributed by atoms with E-state index >= 15 is 0 Å². The molecular formula is C17H23N5O3S. The topological polar surface area (TPSA) is 90.4 Å². The minimum atomic E-state index is -0.409. The van der Waals surface area contributed by atoms with Crippen LogP contribution in [0.1, 0.15) is 40.0 Å². The van der Waals surface area contributed by atoms with E-state index in [0.717, 1.165) is 23.9 Å². The molecule has 0 aromatic carbocycles. The van der Waals surface area contributed by atoms with E-state index in [2.05, 4.69) is 10.4 Å². The third-order valence-electron chi connectivity index (χ3n) is 4.44. The minimum absolute atomic E-state index is 0.0292. The lowest BCUT2D eigenvalue weighted by molar-refractivity contribution is -0.122. The molecule has 9 heteroatoms. The lowest BCUT2D eigenvalue weighted by atomic mass is 10.2. The molecule has 0 saturated carbocycles. The molecule has 0 aliphatic rings. The van der Waals surface area contributed by atoms with Gasteiger partial charge < -0.3 is 5.32 Å². The fourth-order valence-corrected chi connectivity index (χ4v) is 3.64. The van der Waals surface area contributed by atoms with Gasteiger partial charge in [-0.05, 0) is 31.2 Å². The van der Waals surface area contributed by atoms with Crippen molar-refractivity contribution in [3.63, 3.8) is 0 Å². The minimum Gasteiger partial charge on any atom is -0.352 e. The number of nitrogens with one attached hydrogen (secondary N) is 1. The first-order valence-corrected chi connectivity index (χ1v) is 9.74. The molecule has 8 nitrogen and oxygen atoms in total. The van der Waals surface area contributed by atoms with Gasteiger partial charge >= 0.3 is 5.69 Å². The summed E-state index contributed by atoms with van der Waals surface area (Å²) in [5.41, 5.74) is -0.00793. The molecule has 3 aromatic heterocycles. The number of carbonyl (C=O) groups is 1. The van der Waals surface area contributed by atoms with Gasteiger partial charge in [0.15, 0.2) is 0 Å². The van der Waals surface area contributed by atoms with Gasteiger partial charge in [-0.2, -0.15) is 0 Å². The zero-order chi connectivity index (χ0) is 18.8. The molecule has 0 unspecified atom stereocenters. The van der Waals surface area contributed by atoms with E-state index in [-0.39, 0.29) is 29.8 Å². The molecule has 1 N–H and O–H groups in total. The van der Waals surface area contributed by atoms with Crippen molar-refractivity contribution < 1.29 is 4.79 Å². The first-order chi connectivity index (χ1) is 12.5. The molecule has 1 atom stereocenters. The van der Waals surface area contributed by atoms with Crippen molar-refractivity contribution in [1.82, 2.24) is 24.1 Å². The number of rotatable bonds is 7. The van der Waals surface area contributed by atoms with Gasteiger partial charge in [-0.3, -0.25) is 14.2 Å². The Morgan fingerprint density at radius 2 is 2.12 bits per heavy atom. The van der Waals surface area contributed by atoms with E-state index in [0.29, 0.717) is 16.8 Å². The van der Waals surface area contributed by atoms with Crippen LogP contribution in [0.5, 0.6) is 0 Å². The lowest BCUT2D eigenvalue weighted by Crippen LogP contribution is -2.37. The fourth-order valence-electron chi connectivity index (χ4n) is 2.81. The van der Waals surface area contributed by atoms with Crippen LogP contribution in [0.25, 0.3) is 16.0 Å². The third kappa shape index (κ3) is 3.18. The summed E-state index contributed by atoms with van der Waals surface area (Å²) in [6, 6.07) is 1.77. The second-order valence-corrected chi connectivity index (χ2v) is 7.31. The zero-order valence-electron chi connectivity index (χ0n) is 15.2. The van der Waals surface area contributed by atoms with Crippen LogP contribution in [-0.2, 0) is 17.9 Å². The maximum absolute atomic E-state index is 12.8. The predicted molar refractivity (Wildman–Crippen MR) is 102 cm³/mol. The molecule has 0 aliphatic heterocycles. The zero-order valence-corrected chi connectivity index (χ0v) is 16.0. The van der Waals surface area contributed by atoms with Crippen LogP contribution in [0, 0.1) is 0 Å². The largest absolute Gasteiger partial charge is 0.352 e. The summed E-state index contributed by atoms with van der Waals surface area (Å²) in [7, 11) is 0. The van der Waals surface area contributed by atoms with E-state index in [1.165, 1.54) is 20.3 Å². The number of aromatic nitrogens is 4. The molecule has 26 heavy (non-hydrogen) atoms. The number of hydrogen-bond donors (Lipinski definition) is 1. The number of hydrogen-bond acceptors (Lipinski definition) is 5. The summed E-state index contributed by atoms with van der Waals surface area (Å²) < 4.78 is 4.62.